The van der Waals surface area contributed by atoms with Gasteiger partial charge in [-0.05, 0) is 36.0 Å². The van der Waals surface area contributed by atoms with E-state index in [2.05, 4.69) is 36.6 Å². The van der Waals surface area contributed by atoms with Crippen LogP contribution in [0.3, 0.4) is 0 Å². The van der Waals surface area contributed by atoms with Crippen molar-refractivity contribution in [2.45, 2.75) is 38.6 Å². The van der Waals surface area contributed by atoms with Gasteiger partial charge in [0.25, 0.3) is 0 Å². The fourth-order valence-corrected chi connectivity index (χ4v) is 3.92. The molecule has 7 heteroatoms. The average Bonchev–Trinajstić information content (AvgIpc) is 3.57. The van der Waals surface area contributed by atoms with Crippen LogP contribution in [0.5, 0.6) is 0 Å². The Morgan fingerprint density at radius 1 is 0.906 bits per heavy atom. The van der Waals surface area contributed by atoms with Crippen LogP contribution in [-0.2, 0) is 9.59 Å². The molecule has 1 aliphatic carbocycles. The summed E-state index contributed by atoms with van der Waals surface area (Å²) in [5.74, 6) is -0.0873. The number of hydrogen-bond acceptors (Lipinski definition) is 3. The van der Waals surface area contributed by atoms with Crippen molar-refractivity contribution in [1.82, 2.24) is 10.2 Å². The SMILES string of the molecule is CC(C)c1ccc(C(NC(=O)C2CC2)c2ccccc2NC(=O)C2CN(C(=O)O)C2)cc1. The Hall–Kier alpha value is -3.35. The van der Waals surface area contributed by atoms with Gasteiger partial charge < -0.3 is 20.6 Å². The zero-order valence-corrected chi connectivity index (χ0v) is 18.4. The topological polar surface area (TPSA) is 98.7 Å². The molecule has 168 valence electrons. The van der Waals surface area contributed by atoms with E-state index in [-0.39, 0.29) is 36.7 Å². The molecule has 1 aliphatic heterocycles. The van der Waals surface area contributed by atoms with Crippen molar-refractivity contribution in [3.8, 4) is 0 Å². The Labute approximate surface area is 187 Å². The van der Waals surface area contributed by atoms with E-state index in [0.717, 1.165) is 24.0 Å². The number of benzene rings is 2. The molecule has 3 N–H and O–H groups in total. The predicted octanol–water partition coefficient (Wildman–Crippen LogP) is 3.97. The monoisotopic (exact) mass is 435 g/mol. The van der Waals surface area contributed by atoms with Crippen molar-refractivity contribution >= 4 is 23.6 Å². The quantitative estimate of drug-likeness (QED) is 0.613. The molecule has 2 aromatic carbocycles. The summed E-state index contributed by atoms with van der Waals surface area (Å²) in [6, 6.07) is 15.3. The van der Waals surface area contributed by atoms with Crippen molar-refractivity contribution in [3.05, 3.63) is 65.2 Å². The Morgan fingerprint density at radius 2 is 1.53 bits per heavy atom. The number of para-hydroxylation sites is 1. The lowest BCUT2D eigenvalue weighted by molar-refractivity contribution is -0.124. The van der Waals surface area contributed by atoms with E-state index in [0.29, 0.717) is 11.6 Å². The molecule has 2 fully saturated rings. The first-order valence-electron chi connectivity index (χ1n) is 11.1. The summed E-state index contributed by atoms with van der Waals surface area (Å²) < 4.78 is 0. The molecule has 1 saturated heterocycles. The first kappa shape index (κ1) is 21.9. The van der Waals surface area contributed by atoms with E-state index in [1.54, 1.807) is 0 Å². The number of carbonyl (C=O) groups excluding carboxylic acids is 2. The second kappa shape index (κ2) is 9.02. The summed E-state index contributed by atoms with van der Waals surface area (Å²) in [6.07, 6.45) is 0.804. The molecule has 0 bridgehead atoms. The lowest BCUT2D eigenvalue weighted by Crippen LogP contribution is -2.54. The fraction of sp³-hybridized carbons (Fsp3) is 0.400. The lowest BCUT2D eigenvalue weighted by atomic mass is 9.93. The Morgan fingerprint density at radius 3 is 2.12 bits per heavy atom. The van der Waals surface area contributed by atoms with Gasteiger partial charge in [-0.15, -0.1) is 0 Å². The van der Waals surface area contributed by atoms with Gasteiger partial charge in [-0.1, -0.05) is 56.3 Å². The number of anilines is 1. The molecule has 1 heterocycles. The van der Waals surface area contributed by atoms with Crippen molar-refractivity contribution in [2.24, 2.45) is 11.8 Å². The summed E-state index contributed by atoms with van der Waals surface area (Å²) in [7, 11) is 0. The van der Waals surface area contributed by atoms with Gasteiger partial charge in [0, 0.05) is 30.3 Å². The minimum Gasteiger partial charge on any atom is -0.465 e. The van der Waals surface area contributed by atoms with E-state index < -0.39 is 12.1 Å². The van der Waals surface area contributed by atoms with Crippen LogP contribution < -0.4 is 10.6 Å². The van der Waals surface area contributed by atoms with Gasteiger partial charge in [-0.25, -0.2) is 4.79 Å². The molecule has 3 amide bonds. The fourth-order valence-electron chi connectivity index (χ4n) is 3.92. The van der Waals surface area contributed by atoms with Gasteiger partial charge in [0.05, 0.1) is 12.0 Å². The number of carbonyl (C=O) groups is 3. The number of likely N-dealkylation sites (tertiary alicyclic amines) is 1. The molecule has 1 saturated carbocycles. The van der Waals surface area contributed by atoms with E-state index in [1.165, 1.54) is 10.5 Å². The largest absolute Gasteiger partial charge is 0.465 e. The maximum Gasteiger partial charge on any atom is 0.407 e. The molecule has 1 atom stereocenters. The van der Waals surface area contributed by atoms with Gasteiger partial charge in [0.2, 0.25) is 11.8 Å². The maximum absolute atomic E-state index is 12.7. The van der Waals surface area contributed by atoms with Gasteiger partial charge in [0.1, 0.15) is 0 Å². The Balaban J connectivity index is 1.59. The molecule has 0 aromatic heterocycles. The van der Waals surface area contributed by atoms with Crippen molar-refractivity contribution in [2.75, 3.05) is 18.4 Å². The van der Waals surface area contributed by atoms with E-state index >= 15 is 0 Å². The third-order valence-corrected chi connectivity index (χ3v) is 6.22. The lowest BCUT2D eigenvalue weighted by Gasteiger charge is -2.36. The highest BCUT2D eigenvalue weighted by Crippen LogP contribution is 2.34. The standard InChI is InChI=1S/C25H29N3O4/c1-15(2)16-7-9-17(10-8-16)22(27-23(29)18-11-12-18)20-5-3-4-6-21(20)26-24(30)19-13-28(14-19)25(31)32/h3-10,15,18-19,22H,11-14H2,1-2H3,(H,26,30)(H,27,29)(H,31,32). The molecule has 32 heavy (non-hydrogen) atoms. The molecule has 0 radical (unpaired) electrons. The number of carboxylic acid groups (broad SMARTS) is 1. The van der Waals surface area contributed by atoms with Crippen LogP contribution >= 0.6 is 0 Å². The Bertz CT molecular complexity index is 1010. The van der Waals surface area contributed by atoms with Crippen LogP contribution in [0, 0.1) is 11.8 Å². The minimum atomic E-state index is -1.01. The van der Waals surface area contributed by atoms with Crippen LogP contribution in [0.4, 0.5) is 10.5 Å². The highest BCUT2D eigenvalue weighted by atomic mass is 16.4. The average molecular weight is 436 g/mol. The molecule has 1 unspecified atom stereocenters. The second-order valence-electron chi connectivity index (χ2n) is 9.00. The summed E-state index contributed by atoms with van der Waals surface area (Å²) in [4.78, 5) is 37.6. The summed E-state index contributed by atoms with van der Waals surface area (Å²) in [6.45, 7) is 4.67. The van der Waals surface area contributed by atoms with Crippen molar-refractivity contribution in [1.29, 1.82) is 0 Å². The molecular formula is C25H29N3O4. The minimum absolute atomic E-state index is 0.0279. The molecule has 7 nitrogen and oxygen atoms in total. The van der Waals surface area contributed by atoms with Crippen LogP contribution in [0.25, 0.3) is 0 Å². The molecule has 4 rings (SSSR count). The summed E-state index contributed by atoms with van der Waals surface area (Å²) in [5.41, 5.74) is 3.60. The first-order chi connectivity index (χ1) is 15.3. The smallest absolute Gasteiger partial charge is 0.407 e. The number of nitrogens with one attached hydrogen (secondary N) is 2. The van der Waals surface area contributed by atoms with Gasteiger partial charge in [0.15, 0.2) is 0 Å². The Kier molecular flexibility index (Phi) is 6.17. The molecule has 0 spiro atoms. The van der Waals surface area contributed by atoms with E-state index in [4.69, 9.17) is 5.11 Å². The summed E-state index contributed by atoms with van der Waals surface area (Å²) >= 11 is 0. The van der Waals surface area contributed by atoms with Gasteiger partial charge in [-0.2, -0.15) is 0 Å². The number of rotatable bonds is 7. The second-order valence-corrected chi connectivity index (χ2v) is 9.00. The molecule has 2 aliphatic rings. The third kappa shape index (κ3) is 4.77. The zero-order chi connectivity index (χ0) is 22.8. The normalized spacial score (nSPS) is 16.9. The van der Waals surface area contributed by atoms with Crippen molar-refractivity contribution in [3.63, 3.8) is 0 Å². The first-order valence-corrected chi connectivity index (χ1v) is 11.1. The maximum atomic E-state index is 12.7. The van der Waals surface area contributed by atoms with E-state index in [1.807, 2.05) is 36.4 Å². The van der Waals surface area contributed by atoms with Crippen molar-refractivity contribution < 1.29 is 19.5 Å². The zero-order valence-electron chi connectivity index (χ0n) is 18.4. The van der Waals surface area contributed by atoms with Crippen LogP contribution in [-0.4, -0.2) is 41.0 Å². The van der Waals surface area contributed by atoms with Gasteiger partial charge >= 0.3 is 6.09 Å². The highest BCUT2D eigenvalue weighted by molar-refractivity contribution is 5.95. The van der Waals surface area contributed by atoms with Gasteiger partial charge in [-0.3, -0.25) is 9.59 Å². The number of hydrogen-bond donors (Lipinski definition) is 3. The molecular weight excluding hydrogens is 406 g/mol. The summed E-state index contributed by atoms with van der Waals surface area (Å²) in [5, 5.41) is 15.1. The highest BCUT2D eigenvalue weighted by Gasteiger charge is 2.36. The third-order valence-electron chi connectivity index (χ3n) is 6.22. The van der Waals surface area contributed by atoms with Crippen LogP contribution in [0.1, 0.15) is 55.3 Å². The number of amides is 3. The predicted molar refractivity (Wildman–Crippen MR) is 121 cm³/mol. The number of nitrogens with zero attached hydrogens (tertiary/aromatic N) is 1. The molecule has 2 aromatic rings. The van der Waals surface area contributed by atoms with Crippen LogP contribution in [0.15, 0.2) is 48.5 Å². The van der Waals surface area contributed by atoms with Crippen LogP contribution in [0.2, 0.25) is 0 Å². The van der Waals surface area contributed by atoms with E-state index in [9.17, 15) is 14.4 Å².